The van der Waals surface area contributed by atoms with Crippen molar-refractivity contribution in [2.45, 2.75) is 31.6 Å². The fraction of sp³-hybridized carbons (Fsp3) is 0.348. The highest BCUT2D eigenvalue weighted by Gasteiger charge is 2.36. The van der Waals surface area contributed by atoms with Crippen LogP contribution < -0.4 is 5.32 Å². The van der Waals surface area contributed by atoms with E-state index in [0.29, 0.717) is 18.9 Å². The van der Waals surface area contributed by atoms with Crippen LogP contribution in [0.15, 0.2) is 54.6 Å². The third kappa shape index (κ3) is 4.65. The Bertz CT molecular complexity index is 980. The van der Waals surface area contributed by atoms with Gasteiger partial charge in [0.25, 0.3) is 0 Å². The molecule has 2 aromatic carbocycles. The number of para-hydroxylation sites is 1. The fourth-order valence-corrected chi connectivity index (χ4v) is 4.43. The zero-order valence-corrected chi connectivity index (χ0v) is 17.2. The summed E-state index contributed by atoms with van der Waals surface area (Å²) in [6.07, 6.45) is 2.70. The number of hydrogen-bond acceptors (Lipinski definition) is 5. The Morgan fingerprint density at radius 1 is 1.14 bits per heavy atom. The van der Waals surface area contributed by atoms with Gasteiger partial charge in [-0.15, -0.1) is 11.3 Å². The molecule has 29 heavy (non-hydrogen) atoms. The minimum absolute atomic E-state index is 0.117. The van der Waals surface area contributed by atoms with E-state index < -0.39 is 5.41 Å². The van der Waals surface area contributed by atoms with Crippen LogP contribution in [0.5, 0.6) is 0 Å². The lowest BCUT2D eigenvalue weighted by molar-refractivity contribution is -0.144. The molecule has 0 bridgehead atoms. The molecule has 1 amide bonds. The van der Waals surface area contributed by atoms with Crippen LogP contribution in [0.2, 0.25) is 0 Å². The number of amides is 1. The lowest BCUT2D eigenvalue weighted by Crippen LogP contribution is -2.45. The van der Waals surface area contributed by atoms with Gasteiger partial charge in [-0.3, -0.25) is 9.59 Å². The lowest BCUT2D eigenvalue weighted by atomic mass is 9.78. The van der Waals surface area contributed by atoms with Crippen molar-refractivity contribution < 1.29 is 14.3 Å². The second-order valence-corrected chi connectivity index (χ2v) is 8.87. The summed E-state index contributed by atoms with van der Waals surface area (Å²) in [7, 11) is 0. The van der Waals surface area contributed by atoms with Crippen molar-refractivity contribution in [1.29, 1.82) is 0 Å². The Balaban J connectivity index is 1.51. The number of benzene rings is 2. The highest BCUT2D eigenvalue weighted by molar-refractivity contribution is 7.18. The molecule has 1 saturated carbocycles. The quantitative estimate of drug-likeness (QED) is 0.575. The van der Waals surface area contributed by atoms with Gasteiger partial charge in [-0.1, -0.05) is 42.5 Å². The summed E-state index contributed by atoms with van der Waals surface area (Å²) in [6.45, 7) is 2.24. The highest BCUT2D eigenvalue weighted by atomic mass is 32.1. The first-order valence-corrected chi connectivity index (χ1v) is 10.7. The first kappa shape index (κ1) is 19.6. The number of nitrogens with one attached hydrogen (secondary N) is 1. The average molecular weight is 409 g/mol. The van der Waals surface area contributed by atoms with Gasteiger partial charge in [-0.2, -0.15) is 0 Å². The molecule has 6 heteroatoms. The van der Waals surface area contributed by atoms with E-state index in [4.69, 9.17) is 9.72 Å². The molecule has 5 nitrogen and oxygen atoms in total. The minimum Gasteiger partial charge on any atom is -0.464 e. The predicted octanol–water partition coefficient (Wildman–Crippen LogP) is 3.87. The molecule has 1 aromatic heterocycles. The van der Waals surface area contributed by atoms with Crippen LogP contribution in [0.4, 0.5) is 0 Å². The van der Waals surface area contributed by atoms with Gasteiger partial charge in [0.2, 0.25) is 5.91 Å². The van der Waals surface area contributed by atoms with Crippen LogP contribution in [0, 0.1) is 5.92 Å². The molecule has 1 aliphatic rings. The van der Waals surface area contributed by atoms with E-state index in [1.807, 2.05) is 61.5 Å². The van der Waals surface area contributed by atoms with Crippen molar-refractivity contribution in [1.82, 2.24) is 10.3 Å². The van der Waals surface area contributed by atoms with Crippen LogP contribution in [-0.4, -0.2) is 30.0 Å². The number of thiazole rings is 1. The van der Waals surface area contributed by atoms with E-state index >= 15 is 0 Å². The molecule has 1 N–H and O–H groups in total. The molecule has 0 spiro atoms. The Labute approximate surface area is 174 Å². The summed E-state index contributed by atoms with van der Waals surface area (Å²) >= 11 is 1.60. The molecule has 0 radical (unpaired) electrons. The van der Waals surface area contributed by atoms with Crippen LogP contribution in [0.25, 0.3) is 10.2 Å². The zero-order chi connectivity index (χ0) is 20.3. The highest BCUT2D eigenvalue weighted by Crippen LogP contribution is 2.32. The van der Waals surface area contributed by atoms with E-state index in [1.54, 1.807) is 11.3 Å². The summed E-state index contributed by atoms with van der Waals surface area (Å²) in [6, 6.07) is 17.6. The van der Waals surface area contributed by atoms with E-state index in [1.165, 1.54) is 0 Å². The van der Waals surface area contributed by atoms with Crippen molar-refractivity contribution in [2.75, 3.05) is 13.2 Å². The number of ether oxygens (including phenoxy) is 1. The second kappa shape index (κ2) is 8.33. The molecule has 4 rings (SSSR count). The standard InChI is InChI=1S/C23H24N2O3S/c1-23(17-7-3-2-4-8-17,13-20-25-18-9-5-6-10-19(18)29-20)22(27)24-14-21(26)28-15-16-11-12-16/h2-10,16H,11-15H2,1H3,(H,24,27). The zero-order valence-electron chi connectivity index (χ0n) is 16.4. The SMILES string of the molecule is CC(Cc1nc2ccccc2s1)(C(=O)NCC(=O)OCC1CC1)c1ccccc1. The van der Waals surface area contributed by atoms with Crippen molar-refractivity contribution in [3.05, 3.63) is 65.2 Å². The molecule has 1 heterocycles. The van der Waals surface area contributed by atoms with Gasteiger partial charge in [0, 0.05) is 6.42 Å². The number of rotatable bonds is 8. The van der Waals surface area contributed by atoms with Gasteiger partial charge in [0.1, 0.15) is 6.54 Å². The second-order valence-electron chi connectivity index (χ2n) is 7.76. The normalized spacial score (nSPS) is 15.6. The van der Waals surface area contributed by atoms with Crippen LogP contribution in [-0.2, 0) is 26.2 Å². The molecular weight excluding hydrogens is 384 g/mol. The van der Waals surface area contributed by atoms with Crippen molar-refractivity contribution in [3.63, 3.8) is 0 Å². The summed E-state index contributed by atoms with van der Waals surface area (Å²) < 4.78 is 6.33. The van der Waals surface area contributed by atoms with Crippen molar-refractivity contribution in [2.24, 2.45) is 5.92 Å². The maximum Gasteiger partial charge on any atom is 0.325 e. The molecule has 0 saturated heterocycles. The van der Waals surface area contributed by atoms with Crippen LogP contribution >= 0.6 is 11.3 Å². The Morgan fingerprint density at radius 3 is 2.59 bits per heavy atom. The number of carbonyl (C=O) groups is 2. The minimum atomic E-state index is -0.841. The number of carbonyl (C=O) groups excluding carboxylic acids is 2. The molecular formula is C23H24N2O3S. The molecule has 3 aromatic rings. The van der Waals surface area contributed by atoms with Crippen LogP contribution in [0.1, 0.15) is 30.3 Å². The summed E-state index contributed by atoms with van der Waals surface area (Å²) in [5.41, 5.74) is 0.987. The maximum absolute atomic E-state index is 13.2. The fourth-order valence-electron chi connectivity index (χ4n) is 3.31. The van der Waals surface area contributed by atoms with Crippen molar-refractivity contribution in [3.8, 4) is 0 Å². The number of nitrogens with zero attached hydrogens (tertiary/aromatic N) is 1. The Kier molecular flexibility index (Phi) is 5.62. The number of esters is 1. The van der Waals surface area contributed by atoms with E-state index in [2.05, 4.69) is 5.32 Å². The monoisotopic (exact) mass is 408 g/mol. The van der Waals surface area contributed by atoms with Gasteiger partial charge in [-0.25, -0.2) is 4.98 Å². The first-order valence-electron chi connectivity index (χ1n) is 9.88. The molecule has 1 fully saturated rings. The van der Waals surface area contributed by atoms with E-state index in [0.717, 1.165) is 33.6 Å². The smallest absolute Gasteiger partial charge is 0.325 e. The summed E-state index contributed by atoms with van der Waals surface area (Å²) in [5.74, 6) is -0.0877. The van der Waals surface area contributed by atoms with E-state index in [-0.39, 0.29) is 18.4 Å². The van der Waals surface area contributed by atoms with Gasteiger partial charge < -0.3 is 10.1 Å². The Hall–Kier alpha value is -2.73. The van der Waals surface area contributed by atoms with Gasteiger partial charge in [0.05, 0.1) is 27.2 Å². The van der Waals surface area contributed by atoms with E-state index in [9.17, 15) is 9.59 Å². The molecule has 150 valence electrons. The lowest BCUT2D eigenvalue weighted by Gasteiger charge is -2.28. The average Bonchev–Trinajstić information content (AvgIpc) is 3.48. The molecule has 1 unspecified atom stereocenters. The maximum atomic E-state index is 13.2. The third-order valence-electron chi connectivity index (χ3n) is 5.33. The third-order valence-corrected chi connectivity index (χ3v) is 6.36. The number of aromatic nitrogens is 1. The van der Waals surface area contributed by atoms with Gasteiger partial charge in [0.15, 0.2) is 0 Å². The Morgan fingerprint density at radius 2 is 1.86 bits per heavy atom. The molecule has 0 aliphatic heterocycles. The topological polar surface area (TPSA) is 68.3 Å². The van der Waals surface area contributed by atoms with Gasteiger partial charge in [-0.05, 0) is 43.4 Å². The largest absolute Gasteiger partial charge is 0.464 e. The number of hydrogen-bond donors (Lipinski definition) is 1. The van der Waals surface area contributed by atoms with Gasteiger partial charge >= 0.3 is 5.97 Å². The van der Waals surface area contributed by atoms with Crippen LogP contribution in [0.3, 0.4) is 0 Å². The predicted molar refractivity (Wildman–Crippen MR) is 114 cm³/mol. The molecule has 1 aliphatic carbocycles. The van der Waals surface area contributed by atoms with Crippen molar-refractivity contribution >= 4 is 33.4 Å². The summed E-state index contributed by atoms with van der Waals surface area (Å²) in [5, 5.41) is 3.68. The first-order chi connectivity index (χ1) is 14.0. The number of fused-ring (bicyclic) bond motifs is 1. The summed E-state index contributed by atoms with van der Waals surface area (Å²) in [4.78, 5) is 29.9. The molecule has 1 atom stereocenters.